The maximum absolute atomic E-state index is 12.1. The number of benzene rings is 2. The van der Waals surface area contributed by atoms with E-state index in [4.69, 9.17) is 28.3 Å². The van der Waals surface area contributed by atoms with Gasteiger partial charge in [0.05, 0.1) is 5.69 Å². The van der Waals surface area contributed by atoms with Crippen LogP contribution in [0.3, 0.4) is 0 Å². The first kappa shape index (κ1) is 15.2. The zero-order chi connectivity index (χ0) is 15.2. The molecular weight excluding hydrogens is 311 g/mol. The van der Waals surface area contributed by atoms with E-state index in [1.54, 1.807) is 48.5 Å². The monoisotopic (exact) mass is 320 g/mol. The molecule has 2 rings (SSSR count). The Morgan fingerprint density at radius 2 is 1.48 bits per heavy atom. The number of aliphatic hydroxyl groups is 1. The lowest BCUT2D eigenvalue weighted by Crippen LogP contribution is -2.01. The minimum atomic E-state index is -0.452. The Hall–Kier alpha value is -2.17. The van der Waals surface area contributed by atoms with Crippen molar-refractivity contribution in [3.63, 3.8) is 0 Å². The molecule has 0 fully saturated rings. The molecule has 0 amide bonds. The maximum atomic E-state index is 12.1. The van der Waals surface area contributed by atoms with Gasteiger partial charge in [0, 0.05) is 15.6 Å². The van der Waals surface area contributed by atoms with Crippen LogP contribution in [0.15, 0.2) is 70.7 Å². The van der Waals surface area contributed by atoms with Crippen molar-refractivity contribution in [3.8, 4) is 0 Å². The smallest absolute Gasteiger partial charge is 0.216 e. The highest BCUT2D eigenvalue weighted by atomic mass is 35.5. The highest BCUT2D eigenvalue weighted by Crippen LogP contribution is 2.19. The fourth-order valence-electron chi connectivity index (χ4n) is 1.50. The molecule has 0 saturated heterocycles. The van der Waals surface area contributed by atoms with Gasteiger partial charge in [-0.25, -0.2) is 0 Å². The summed E-state index contributed by atoms with van der Waals surface area (Å²) in [4.78, 5) is 12.1. The van der Waals surface area contributed by atoms with Crippen LogP contribution in [0.2, 0.25) is 10.0 Å². The van der Waals surface area contributed by atoms with Crippen molar-refractivity contribution < 1.29 is 9.90 Å². The number of carbonyl (C=O) groups is 1. The van der Waals surface area contributed by atoms with E-state index in [-0.39, 0.29) is 5.70 Å². The molecule has 0 unspecified atom stereocenters. The summed E-state index contributed by atoms with van der Waals surface area (Å²) < 4.78 is 0. The highest BCUT2D eigenvalue weighted by molar-refractivity contribution is 6.31. The first-order chi connectivity index (χ1) is 10.1. The Morgan fingerprint density at radius 1 is 0.952 bits per heavy atom. The standard InChI is InChI=1S/C15H10Cl2N2O2/c16-11-3-1-10(2-4-11)15(21)14(9-20)19-18-13-7-5-12(17)6-8-13/h1-9,20H/b14-9-,19-18?. The third-order valence-corrected chi connectivity index (χ3v) is 3.07. The number of ketones is 1. The molecule has 0 saturated carbocycles. The van der Waals surface area contributed by atoms with Gasteiger partial charge in [0.2, 0.25) is 5.78 Å². The predicted octanol–water partition coefficient (Wildman–Crippen LogP) is 5.36. The molecule has 0 heterocycles. The maximum Gasteiger partial charge on any atom is 0.216 e. The van der Waals surface area contributed by atoms with E-state index in [0.717, 1.165) is 0 Å². The number of hydrogen-bond acceptors (Lipinski definition) is 4. The summed E-state index contributed by atoms with van der Waals surface area (Å²) in [5, 5.41) is 17.9. The molecule has 1 N–H and O–H groups in total. The van der Waals surface area contributed by atoms with Gasteiger partial charge in [0.25, 0.3) is 0 Å². The van der Waals surface area contributed by atoms with Gasteiger partial charge in [0.1, 0.15) is 6.26 Å². The van der Waals surface area contributed by atoms with Gasteiger partial charge < -0.3 is 5.11 Å². The third-order valence-electron chi connectivity index (χ3n) is 2.56. The number of Topliss-reactive ketones (excluding diaryl/α,β-unsaturated/α-hetero) is 1. The lowest BCUT2D eigenvalue weighted by Gasteiger charge is -2.00. The molecule has 2 aromatic rings. The van der Waals surface area contributed by atoms with Crippen LogP contribution in [-0.4, -0.2) is 10.9 Å². The van der Waals surface area contributed by atoms with E-state index in [1.165, 1.54) is 0 Å². The SMILES string of the molecule is O=C(/C(=C/O)N=Nc1ccc(Cl)cc1)c1ccc(Cl)cc1. The third kappa shape index (κ3) is 4.15. The number of carbonyl (C=O) groups excluding carboxylic acids is 1. The van der Waals surface area contributed by atoms with Crippen LogP contribution in [0.4, 0.5) is 5.69 Å². The summed E-state index contributed by atoms with van der Waals surface area (Å²) in [6.07, 6.45) is 0.621. The zero-order valence-electron chi connectivity index (χ0n) is 10.7. The van der Waals surface area contributed by atoms with E-state index >= 15 is 0 Å². The van der Waals surface area contributed by atoms with Crippen LogP contribution in [0.1, 0.15) is 10.4 Å². The van der Waals surface area contributed by atoms with Gasteiger partial charge in [-0.1, -0.05) is 23.2 Å². The number of hydrogen-bond donors (Lipinski definition) is 1. The molecule has 0 radical (unpaired) electrons. The van der Waals surface area contributed by atoms with E-state index in [9.17, 15) is 4.79 Å². The molecule has 0 aliphatic heterocycles. The van der Waals surface area contributed by atoms with Crippen LogP contribution in [-0.2, 0) is 0 Å². The largest absolute Gasteiger partial charge is 0.513 e. The average Bonchev–Trinajstić information content (AvgIpc) is 2.50. The summed E-state index contributed by atoms with van der Waals surface area (Å²) >= 11 is 11.5. The second-order valence-corrected chi connectivity index (χ2v) is 4.90. The van der Waals surface area contributed by atoms with Crippen molar-refractivity contribution >= 4 is 34.7 Å². The Kier molecular flexibility index (Phi) is 5.09. The van der Waals surface area contributed by atoms with Crippen molar-refractivity contribution in [1.29, 1.82) is 0 Å². The normalized spacial score (nSPS) is 11.8. The van der Waals surface area contributed by atoms with Gasteiger partial charge in [-0.2, -0.15) is 5.11 Å². The van der Waals surface area contributed by atoms with Crippen molar-refractivity contribution in [1.82, 2.24) is 0 Å². The fourth-order valence-corrected chi connectivity index (χ4v) is 1.75. The van der Waals surface area contributed by atoms with Crippen LogP contribution in [0, 0.1) is 0 Å². The van der Waals surface area contributed by atoms with Crippen molar-refractivity contribution in [3.05, 3.63) is 76.1 Å². The lowest BCUT2D eigenvalue weighted by atomic mass is 10.1. The molecule has 106 valence electrons. The van der Waals surface area contributed by atoms with Gasteiger partial charge in [-0.05, 0) is 48.5 Å². The van der Waals surface area contributed by atoms with Crippen LogP contribution >= 0.6 is 23.2 Å². The Balaban J connectivity index is 2.18. The Morgan fingerprint density at radius 3 is 2.00 bits per heavy atom. The summed E-state index contributed by atoms with van der Waals surface area (Å²) in [6, 6.07) is 12.9. The first-order valence-electron chi connectivity index (χ1n) is 5.92. The van der Waals surface area contributed by atoms with E-state index in [1.807, 2.05) is 0 Å². The predicted molar refractivity (Wildman–Crippen MR) is 82.5 cm³/mol. The van der Waals surface area contributed by atoms with Gasteiger partial charge >= 0.3 is 0 Å². The molecule has 0 spiro atoms. The number of nitrogens with zero attached hydrogens (tertiary/aromatic N) is 2. The summed E-state index contributed by atoms with van der Waals surface area (Å²) in [7, 11) is 0. The number of aliphatic hydroxyl groups excluding tert-OH is 1. The highest BCUT2D eigenvalue weighted by Gasteiger charge is 2.12. The number of allylic oxidation sites excluding steroid dienone is 1. The van der Waals surface area contributed by atoms with Crippen LogP contribution < -0.4 is 0 Å². The summed E-state index contributed by atoms with van der Waals surface area (Å²) in [5.74, 6) is -0.452. The minimum absolute atomic E-state index is 0.174. The molecule has 6 heteroatoms. The summed E-state index contributed by atoms with van der Waals surface area (Å²) in [5.41, 5.74) is 0.699. The summed E-state index contributed by atoms with van der Waals surface area (Å²) in [6.45, 7) is 0. The molecule has 0 aromatic heterocycles. The molecule has 0 aliphatic carbocycles. The second kappa shape index (κ2) is 7.02. The number of halogens is 2. The van der Waals surface area contributed by atoms with E-state index < -0.39 is 5.78 Å². The van der Waals surface area contributed by atoms with Crippen LogP contribution in [0.5, 0.6) is 0 Å². The molecule has 0 aliphatic rings. The second-order valence-electron chi connectivity index (χ2n) is 4.03. The minimum Gasteiger partial charge on any atom is -0.513 e. The van der Waals surface area contributed by atoms with Crippen molar-refractivity contribution in [2.24, 2.45) is 10.2 Å². The van der Waals surface area contributed by atoms with Gasteiger partial charge in [-0.3, -0.25) is 4.79 Å². The zero-order valence-corrected chi connectivity index (χ0v) is 12.2. The molecule has 21 heavy (non-hydrogen) atoms. The fraction of sp³-hybridized carbons (Fsp3) is 0. The number of azo groups is 1. The molecule has 0 atom stereocenters. The first-order valence-corrected chi connectivity index (χ1v) is 6.67. The lowest BCUT2D eigenvalue weighted by molar-refractivity contribution is 0.102. The van der Waals surface area contributed by atoms with Crippen molar-refractivity contribution in [2.75, 3.05) is 0 Å². The van der Waals surface area contributed by atoms with E-state index in [2.05, 4.69) is 10.2 Å². The topological polar surface area (TPSA) is 62.0 Å². The Labute approximate surface area is 131 Å². The van der Waals surface area contributed by atoms with Crippen LogP contribution in [0.25, 0.3) is 0 Å². The quantitative estimate of drug-likeness (QED) is 0.357. The molecular formula is C15H10Cl2N2O2. The number of rotatable bonds is 4. The molecule has 2 aromatic carbocycles. The molecule has 4 nitrogen and oxygen atoms in total. The molecule has 0 bridgehead atoms. The average molecular weight is 321 g/mol. The van der Waals surface area contributed by atoms with Gasteiger partial charge in [0.15, 0.2) is 5.70 Å². The van der Waals surface area contributed by atoms with Gasteiger partial charge in [-0.15, -0.1) is 5.11 Å². The Bertz CT molecular complexity index is 693. The van der Waals surface area contributed by atoms with Crippen molar-refractivity contribution in [2.45, 2.75) is 0 Å². The van der Waals surface area contributed by atoms with E-state index in [0.29, 0.717) is 27.6 Å².